The SMILES string of the molecule is C=CCCC1=C(C)CCN=C1. The van der Waals surface area contributed by atoms with E-state index in [1.54, 1.807) is 0 Å². The Morgan fingerprint density at radius 3 is 3.18 bits per heavy atom. The van der Waals surface area contributed by atoms with Crippen LogP contribution >= 0.6 is 0 Å². The van der Waals surface area contributed by atoms with Crippen molar-refractivity contribution >= 4 is 6.21 Å². The average Bonchev–Trinajstić information content (AvgIpc) is 2.03. The molecule has 0 amide bonds. The predicted octanol–water partition coefficient (Wildman–Crippen LogP) is 2.74. The van der Waals surface area contributed by atoms with E-state index in [2.05, 4.69) is 18.5 Å². The number of nitrogens with zero attached hydrogens (tertiary/aromatic N) is 1. The molecule has 0 saturated heterocycles. The summed E-state index contributed by atoms with van der Waals surface area (Å²) in [5, 5.41) is 0. The largest absolute Gasteiger partial charge is 0.293 e. The molecule has 1 heterocycles. The second-order valence-corrected chi connectivity index (χ2v) is 2.92. The lowest BCUT2D eigenvalue weighted by molar-refractivity contribution is 0.889. The van der Waals surface area contributed by atoms with E-state index in [1.807, 2.05) is 12.3 Å². The van der Waals surface area contributed by atoms with Gasteiger partial charge in [0.05, 0.1) is 0 Å². The van der Waals surface area contributed by atoms with Crippen molar-refractivity contribution in [3.63, 3.8) is 0 Å². The van der Waals surface area contributed by atoms with E-state index < -0.39 is 0 Å². The monoisotopic (exact) mass is 149 g/mol. The zero-order valence-corrected chi connectivity index (χ0v) is 7.14. The molecule has 0 aliphatic carbocycles. The highest BCUT2D eigenvalue weighted by Gasteiger charge is 2.02. The van der Waals surface area contributed by atoms with Crippen molar-refractivity contribution in [2.45, 2.75) is 26.2 Å². The van der Waals surface area contributed by atoms with E-state index in [1.165, 1.54) is 11.1 Å². The smallest absolute Gasteiger partial charge is 0.0426 e. The van der Waals surface area contributed by atoms with Crippen LogP contribution < -0.4 is 0 Å². The standard InChI is InChI=1S/C10H15N/c1-3-4-5-10-8-11-7-6-9(10)2/h3,8H,1,4-7H2,2H3. The van der Waals surface area contributed by atoms with Gasteiger partial charge in [-0.2, -0.15) is 0 Å². The number of hydrogen-bond donors (Lipinski definition) is 0. The van der Waals surface area contributed by atoms with Crippen LogP contribution in [0.25, 0.3) is 0 Å². The lowest BCUT2D eigenvalue weighted by Gasteiger charge is -2.10. The quantitative estimate of drug-likeness (QED) is 0.547. The molecule has 0 atom stereocenters. The third-order valence-electron chi connectivity index (χ3n) is 2.03. The van der Waals surface area contributed by atoms with Crippen molar-refractivity contribution in [3.05, 3.63) is 23.8 Å². The Balaban J connectivity index is 2.53. The van der Waals surface area contributed by atoms with Crippen LogP contribution in [0.15, 0.2) is 28.8 Å². The molecule has 0 spiro atoms. The van der Waals surface area contributed by atoms with Crippen molar-refractivity contribution in [2.24, 2.45) is 4.99 Å². The highest BCUT2D eigenvalue weighted by atomic mass is 14.7. The van der Waals surface area contributed by atoms with Gasteiger partial charge in [0, 0.05) is 12.8 Å². The normalized spacial score (nSPS) is 17.2. The van der Waals surface area contributed by atoms with Crippen LogP contribution in [0.4, 0.5) is 0 Å². The molecule has 0 aromatic heterocycles. The van der Waals surface area contributed by atoms with Crippen molar-refractivity contribution in [1.82, 2.24) is 0 Å². The van der Waals surface area contributed by atoms with Gasteiger partial charge in [0.2, 0.25) is 0 Å². The van der Waals surface area contributed by atoms with Crippen molar-refractivity contribution in [3.8, 4) is 0 Å². The first-order valence-corrected chi connectivity index (χ1v) is 4.14. The first-order valence-electron chi connectivity index (χ1n) is 4.14. The van der Waals surface area contributed by atoms with Crippen LogP contribution in [0.1, 0.15) is 26.2 Å². The second-order valence-electron chi connectivity index (χ2n) is 2.92. The van der Waals surface area contributed by atoms with Crippen LogP contribution in [0.5, 0.6) is 0 Å². The summed E-state index contributed by atoms with van der Waals surface area (Å²) in [6.07, 6.45) is 7.30. The van der Waals surface area contributed by atoms with Crippen LogP contribution in [-0.2, 0) is 0 Å². The first kappa shape index (κ1) is 8.25. The van der Waals surface area contributed by atoms with Gasteiger partial charge in [-0.25, -0.2) is 0 Å². The molecular weight excluding hydrogens is 134 g/mol. The Hall–Kier alpha value is -0.850. The van der Waals surface area contributed by atoms with Gasteiger partial charge in [-0.05, 0) is 31.8 Å². The van der Waals surface area contributed by atoms with Gasteiger partial charge in [0.15, 0.2) is 0 Å². The molecule has 1 rings (SSSR count). The average molecular weight is 149 g/mol. The zero-order chi connectivity index (χ0) is 8.10. The van der Waals surface area contributed by atoms with Gasteiger partial charge in [-0.15, -0.1) is 6.58 Å². The van der Waals surface area contributed by atoms with Crippen molar-refractivity contribution in [1.29, 1.82) is 0 Å². The van der Waals surface area contributed by atoms with Crippen LogP contribution in [0.3, 0.4) is 0 Å². The van der Waals surface area contributed by atoms with Crippen molar-refractivity contribution in [2.75, 3.05) is 6.54 Å². The van der Waals surface area contributed by atoms with E-state index in [0.29, 0.717) is 0 Å². The molecular formula is C10H15N. The number of rotatable bonds is 3. The third-order valence-corrected chi connectivity index (χ3v) is 2.03. The highest BCUT2D eigenvalue weighted by molar-refractivity contribution is 5.80. The summed E-state index contributed by atoms with van der Waals surface area (Å²) in [6, 6.07) is 0. The molecule has 11 heavy (non-hydrogen) atoms. The number of aliphatic imine (C=N–C) groups is 1. The van der Waals surface area contributed by atoms with Gasteiger partial charge in [0.25, 0.3) is 0 Å². The molecule has 1 heteroatoms. The number of hydrogen-bond acceptors (Lipinski definition) is 1. The van der Waals surface area contributed by atoms with Gasteiger partial charge in [-0.1, -0.05) is 11.6 Å². The fraction of sp³-hybridized carbons (Fsp3) is 0.500. The van der Waals surface area contributed by atoms with E-state index in [9.17, 15) is 0 Å². The summed E-state index contributed by atoms with van der Waals surface area (Å²) in [4.78, 5) is 4.24. The van der Waals surface area contributed by atoms with E-state index in [-0.39, 0.29) is 0 Å². The lowest BCUT2D eigenvalue weighted by Crippen LogP contribution is -1.99. The fourth-order valence-corrected chi connectivity index (χ4v) is 1.21. The Kier molecular flexibility index (Phi) is 3.09. The maximum atomic E-state index is 4.24. The van der Waals surface area contributed by atoms with E-state index in [4.69, 9.17) is 0 Å². The Bertz CT molecular complexity index is 199. The molecule has 0 fully saturated rings. The highest BCUT2D eigenvalue weighted by Crippen LogP contribution is 2.15. The summed E-state index contributed by atoms with van der Waals surface area (Å²) in [5.41, 5.74) is 2.91. The fourth-order valence-electron chi connectivity index (χ4n) is 1.21. The molecule has 0 aromatic rings. The maximum absolute atomic E-state index is 4.24. The summed E-state index contributed by atoms with van der Waals surface area (Å²) in [5.74, 6) is 0. The topological polar surface area (TPSA) is 12.4 Å². The van der Waals surface area contributed by atoms with E-state index >= 15 is 0 Å². The van der Waals surface area contributed by atoms with Crippen LogP contribution in [-0.4, -0.2) is 12.8 Å². The second kappa shape index (κ2) is 4.12. The van der Waals surface area contributed by atoms with Crippen LogP contribution in [0, 0.1) is 0 Å². The molecule has 0 aromatic carbocycles. The zero-order valence-electron chi connectivity index (χ0n) is 7.14. The third kappa shape index (κ3) is 2.34. The summed E-state index contributed by atoms with van der Waals surface area (Å²) < 4.78 is 0. The number of dihydropyridines is 1. The summed E-state index contributed by atoms with van der Waals surface area (Å²) in [7, 11) is 0. The van der Waals surface area contributed by atoms with Gasteiger partial charge < -0.3 is 0 Å². The van der Waals surface area contributed by atoms with Gasteiger partial charge >= 0.3 is 0 Å². The Morgan fingerprint density at radius 1 is 1.73 bits per heavy atom. The maximum Gasteiger partial charge on any atom is 0.0426 e. The number of allylic oxidation sites excluding steroid dienone is 2. The summed E-state index contributed by atoms with van der Waals surface area (Å²) >= 11 is 0. The molecule has 0 saturated carbocycles. The minimum atomic E-state index is 0.976. The predicted molar refractivity (Wildman–Crippen MR) is 50.1 cm³/mol. The van der Waals surface area contributed by atoms with Crippen molar-refractivity contribution < 1.29 is 0 Å². The lowest BCUT2D eigenvalue weighted by atomic mass is 10.0. The molecule has 1 aliphatic rings. The van der Waals surface area contributed by atoms with Gasteiger partial charge in [-0.3, -0.25) is 4.99 Å². The first-order chi connectivity index (χ1) is 5.34. The molecule has 0 bridgehead atoms. The molecule has 0 radical (unpaired) electrons. The molecule has 0 unspecified atom stereocenters. The minimum absolute atomic E-state index is 0.976. The molecule has 1 aliphatic heterocycles. The van der Waals surface area contributed by atoms with E-state index in [0.717, 1.165) is 25.8 Å². The Morgan fingerprint density at radius 2 is 2.55 bits per heavy atom. The molecule has 60 valence electrons. The molecule has 0 N–H and O–H groups in total. The minimum Gasteiger partial charge on any atom is -0.293 e. The van der Waals surface area contributed by atoms with Crippen LogP contribution in [0.2, 0.25) is 0 Å². The summed E-state index contributed by atoms with van der Waals surface area (Å²) in [6.45, 7) is 6.88. The Labute approximate surface area is 68.5 Å². The molecule has 1 nitrogen and oxygen atoms in total. The van der Waals surface area contributed by atoms with Gasteiger partial charge in [0.1, 0.15) is 0 Å².